The molecular formula is C17H21N5O3. The molecule has 0 atom stereocenters. The first-order valence-corrected chi connectivity index (χ1v) is 8.28. The van der Waals surface area contributed by atoms with Crippen molar-refractivity contribution < 1.29 is 14.3 Å². The number of carbonyl (C=O) groups is 2. The van der Waals surface area contributed by atoms with E-state index in [1.807, 2.05) is 30.3 Å². The van der Waals surface area contributed by atoms with Crippen LogP contribution >= 0.6 is 0 Å². The Kier molecular flexibility index (Phi) is 5.73. The summed E-state index contributed by atoms with van der Waals surface area (Å²) in [5.74, 6) is -0.213. The first-order valence-electron chi connectivity index (χ1n) is 8.28. The third kappa shape index (κ3) is 4.63. The molecule has 1 fully saturated rings. The maximum atomic E-state index is 12.3. The fraction of sp³-hybridized carbons (Fsp3) is 0.412. The Balaban J connectivity index is 1.45. The van der Waals surface area contributed by atoms with Gasteiger partial charge in [-0.1, -0.05) is 30.3 Å². The SMILES string of the molecule is O=C(COCc1ccccc1)N1CCCN(C(=O)c2cn[nH]n2)CC1. The first kappa shape index (κ1) is 17.1. The number of aromatic nitrogens is 3. The summed E-state index contributed by atoms with van der Waals surface area (Å²) in [6, 6.07) is 9.75. The highest BCUT2D eigenvalue weighted by Gasteiger charge is 2.23. The van der Waals surface area contributed by atoms with Crippen molar-refractivity contribution in [2.75, 3.05) is 32.8 Å². The van der Waals surface area contributed by atoms with Gasteiger partial charge in [0, 0.05) is 26.2 Å². The number of nitrogens with zero attached hydrogens (tertiary/aromatic N) is 4. The van der Waals surface area contributed by atoms with E-state index in [0.717, 1.165) is 12.0 Å². The molecular weight excluding hydrogens is 322 g/mol. The van der Waals surface area contributed by atoms with Gasteiger partial charge in [-0.3, -0.25) is 9.59 Å². The standard InChI is InChI=1S/C17H21N5O3/c23-16(13-25-12-14-5-2-1-3-6-14)21-7-4-8-22(10-9-21)17(24)15-11-18-20-19-15/h1-3,5-6,11H,4,7-10,12-13H2,(H,18,19,20). The number of ether oxygens (including phenoxy) is 1. The van der Waals surface area contributed by atoms with Crippen LogP contribution in [0.25, 0.3) is 0 Å². The Hall–Kier alpha value is -2.74. The predicted octanol–water partition coefficient (Wildman–Crippen LogP) is 0.696. The van der Waals surface area contributed by atoms with E-state index in [4.69, 9.17) is 4.74 Å². The molecule has 1 aliphatic rings. The average Bonchev–Trinajstić information content (AvgIpc) is 3.06. The van der Waals surface area contributed by atoms with Gasteiger partial charge in [-0.25, -0.2) is 0 Å². The number of hydrogen-bond acceptors (Lipinski definition) is 5. The van der Waals surface area contributed by atoms with Gasteiger partial charge in [0.2, 0.25) is 5.91 Å². The molecule has 0 unspecified atom stereocenters. The largest absolute Gasteiger partial charge is 0.367 e. The molecule has 1 aromatic carbocycles. The van der Waals surface area contributed by atoms with Gasteiger partial charge in [-0.15, -0.1) is 0 Å². The van der Waals surface area contributed by atoms with Crippen molar-refractivity contribution in [2.24, 2.45) is 0 Å². The highest BCUT2D eigenvalue weighted by atomic mass is 16.5. The molecule has 2 aromatic rings. The summed E-state index contributed by atoms with van der Waals surface area (Å²) in [5.41, 5.74) is 1.33. The van der Waals surface area contributed by atoms with Crippen LogP contribution in [-0.4, -0.2) is 69.8 Å². The van der Waals surface area contributed by atoms with E-state index >= 15 is 0 Å². The minimum Gasteiger partial charge on any atom is -0.367 e. The van der Waals surface area contributed by atoms with E-state index in [9.17, 15) is 9.59 Å². The van der Waals surface area contributed by atoms with Crippen molar-refractivity contribution in [1.82, 2.24) is 25.2 Å². The minimum absolute atomic E-state index is 0.0477. The van der Waals surface area contributed by atoms with Crippen molar-refractivity contribution in [3.05, 3.63) is 47.8 Å². The van der Waals surface area contributed by atoms with Crippen LogP contribution in [0, 0.1) is 0 Å². The number of carbonyl (C=O) groups excluding carboxylic acids is 2. The van der Waals surface area contributed by atoms with Crippen molar-refractivity contribution in [1.29, 1.82) is 0 Å². The molecule has 3 rings (SSSR count). The third-order valence-corrected chi connectivity index (χ3v) is 4.11. The fourth-order valence-electron chi connectivity index (χ4n) is 2.76. The Morgan fingerprint density at radius 2 is 1.84 bits per heavy atom. The summed E-state index contributed by atoms with van der Waals surface area (Å²) in [6.45, 7) is 2.66. The molecule has 0 aliphatic carbocycles. The summed E-state index contributed by atoms with van der Waals surface area (Å²) in [4.78, 5) is 28.1. The van der Waals surface area contributed by atoms with Gasteiger partial charge in [0.1, 0.15) is 6.61 Å². The molecule has 1 aromatic heterocycles. The van der Waals surface area contributed by atoms with E-state index in [1.54, 1.807) is 9.80 Å². The van der Waals surface area contributed by atoms with Gasteiger partial charge in [0.15, 0.2) is 5.69 Å². The summed E-state index contributed by atoms with van der Waals surface area (Å²) in [6.07, 6.45) is 2.14. The summed E-state index contributed by atoms with van der Waals surface area (Å²) < 4.78 is 5.51. The topological polar surface area (TPSA) is 91.4 Å². The number of H-pyrrole nitrogens is 1. The smallest absolute Gasteiger partial charge is 0.276 e. The predicted molar refractivity (Wildman–Crippen MR) is 89.6 cm³/mol. The van der Waals surface area contributed by atoms with Gasteiger partial charge >= 0.3 is 0 Å². The van der Waals surface area contributed by atoms with Gasteiger partial charge < -0.3 is 14.5 Å². The molecule has 2 heterocycles. The van der Waals surface area contributed by atoms with Gasteiger partial charge in [0.05, 0.1) is 12.8 Å². The van der Waals surface area contributed by atoms with E-state index in [-0.39, 0.29) is 18.4 Å². The maximum Gasteiger partial charge on any atom is 0.276 e. The molecule has 2 amide bonds. The molecule has 0 radical (unpaired) electrons. The molecule has 1 saturated heterocycles. The normalized spacial score (nSPS) is 15.0. The highest BCUT2D eigenvalue weighted by Crippen LogP contribution is 2.08. The Labute approximate surface area is 145 Å². The summed E-state index contributed by atoms with van der Waals surface area (Å²) >= 11 is 0. The summed E-state index contributed by atoms with van der Waals surface area (Å²) in [5, 5.41) is 9.92. The lowest BCUT2D eigenvalue weighted by Crippen LogP contribution is -2.38. The second-order valence-electron chi connectivity index (χ2n) is 5.86. The van der Waals surface area contributed by atoms with Crippen LogP contribution < -0.4 is 0 Å². The molecule has 132 valence electrons. The molecule has 1 N–H and O–H groups in total. The Bertz CT molecular complexity index is 690. The molecule has 0 spiro atoms. The molecule has 0 saturated carbocycles. The molecule has 8 heteroatoms. The number of hydrogen-bond donors (Lipinski definition) is 1. The zero-order valence-electron chi connectivity index (χ0n) is 13.9. The van der Waals surface area contributed by atoms with Crippen molar-refractivity contribution in [3.63, 3.8) is 0 Å². The Morgan fingerprint density at radius 3 is 2.60 bits per heavy atom. The number of aromatic amines is 1. The third-order valence-electron chi connectivity index (χ3n) is 4.11. The van der Waals surface area contributed by atoms with E-state index in [2.05, 4.69) is 15.4 Å². The number of rotatable bonds is 5. The van der Waals surface area contributed by atoms with Gasteiger partial charge in [0.25, 0.3) is 5.91 Å². The second-order valence-corrected chi connectivity index (χ2v) is 5.86. The van der Waals surface area contributed by atoms with Crippen LogP contribution in [0.1, 0.15) is 22.5 Å². The zero-order valence-corrected chi connectivity index (χ0v) is 13.9. The van der Waals surface area contributed by atoms with Crippen molar-refractivity contribution in [3.8, 4) is 0 Å². The monoisotopic (exact) mass is 343 g/mol. The zero-order chi connectivity index (χ0) is 17.5. The van der Waals surface area contributed by atoms with Crippen LogP contribution in [-0.2, 0) is 16.1 Å². The van der Waals surface area contributed by atoms with Crippen LogP contribution in [0.5, 0.6) is 0 Å². The number of nitrogens with one attached hydrogen (secondary N) is 1. The van der Waals surface area contributed by atoms with Gasteiger partial charge in [-0.2, -0.15) is 15.4 Å². The fourth-order valence-corrected chi connectivity index (χ4v) is 2.76. The molecule has 1 aliphatic heterocycles. The lowest BCUT2D eigenvalue weighted by molar-refractivity contribution is -0.136. The lowest BCUT2D eigenvalue weighted by atomic mass is 10.2. The van der Waals surface area contributed by atoms with E-state index in [0.29, 0.717) is 38.5 Å². The lowest BCUT2D eigenvalue weighted by Gasteiger charge is -2.21. The first-order chi connectivity index (χ1) is 12.2. The molecule has 25 heavy (non-hydrogen) atoms. The Morgan fingerprint density at radius 1 is 1.08 bits per heavy atom. The second kappa shape index (κ2) is 8.39. The maximum absolute atomic E-state index is 12.3. The van der Waals surface area contributed by atoms with Gasteiger partial charge in [-0.05, 0) is 12.0 Å². The molecule has 8 nitrogen and oxygen atoms in total. The molecule has 0 bridgehead atoms. The van der Waals surface area contributed by atoms with Crippen molar-refractivity contribution in [2.45, 2.75) is 13.0 Å². The van der Waals surface area contributed by atoms with Crippen LogP contribution in [0.4, 0.5) is 0 Å². The number of benzene rings is 1. The van der Waals surface area contributed by atoms with Crippen LogP contribution in [0.15, 0.2) is 36.5 Å². The van der Waals surface area contributed by atoms with E-state index < -0.39 is 0 Å². The minimum atomic E-state index is -0.164. The number of amides is 2. The highest BCUT2D eigenvalue weighted by molar-refractivity contribution is 5.92. The summed E-state index contributed by atoms with van der Waals surface area (Å²) in [7, 11) is 0. The van der Waals surface area contributed by atoms with Crippen molar-refractivity contribution >= 4 is 11.8 Å². The van der Waals surface area contributed by atoms with Crippen LogP contribution in [0.2, 0.25) is 0 Å². The van der Waals surface area contributed by atoms with E-state index in [1.165, 1.54) is 6.20 Å². The average molecular weight is 343 g/mol. The quantitative estimate of drug-likeness (QED) is 0.863. The van der Waals surface area contributed by atoms with Crippen LogP contribution in [0.3, 0.4) is 0 Å².